The van der Waals surface area contributed by atoms with Crippen LogP contribution in [-0.4, -0.2) is 19.3 Å². The number of ketones is 1. The molecule has 1 N–H and O–H groups in total. The standard InChI is InChI=1S/C10H5ClN6O4S/c11-22(20,21)7-3-1-2-5-9(7)6(18)4-8(14-16-12)10(5,19)15-17-13/h1-4,19H. The number of nitrogens with zero attached hydrogens (tertiary/aromatic N) is 6. The van der Waals surface area contributed by atoms with Gasteiger partial charge in [0.25, 0.3) is 9.05 Å². The molecule has 0 aliphatic heterocycles. The molecule has 0 bridgehead atoms. The van der Waals surface area contributed by atoms with Crippen molar-refractivity contribution in [1.29, 1.82) is 0 Å². The number of allylic oxidation sites excluding steroid dienone is 1. The summed E-state index contributed by atoms with van der Waals surface area (Å²) in [5.74, 6) is -0.866. The van der Waals surface area contributed by atoms with Crippen LogP contribution in [0.25, 0.3) is 20.9 Å². The molecule has 22 heavy (non-hydrogen) atoms. The Hall–Kier alpha value is -2.55. The average Bonchev–Trinajstić information content (AvgIpc) is 2.44. The molecule has 1 atom stereocenters. The summed E-state index contributed by atoms with van der Waals surface area (Å²) in [6.45, 7) is 0. The Bertz CT molecular complexity index is 913. The quantitative estimate of drug-likeness (QED) is 0.386. The normalized spacial score (nSPS) is 20.3. The average molecular weight is 341 g/mol. The lowest BCUT2D eigenvalue weighted by atomic mass is 9.87. The summed E-state index contributed by atoms with van der Waals surface area (Å²) >= 11 is 0. The summed E-state index contributed by atoms with van der Waals surface area (Å²) < 4.78 is 23.1. The van der Waals surface area contributed by atoms with E-state index in [2.05, 4.69) is 20.1 Å². The summed E-state index contributed by atoms with van der Waals surface area (Å²) in [5, 5.41) is 16.7. The van der Waals surface area contributed by atoms with Gasteiger partial charge >= 0.3 is 0 Å². The lowest BCUT2D eigenvalue weighted by molar-refractivity contribution is 0.0741. The Morgan fingerprint density at radius 2 is 1.95 bits per heavy atom. The number of azide groups is 2. The lowest BCUT2D eigenvalue weighted by Crippen LogP contribution is -2.32. The van der Waals surface area contributed by atoms with Crippen LogP contribution in [0.3, 0.4) is 0 Å². The van der Waals surface area contributed by atoms with Crippen molar-refractivity contribution in [2.24, 2.45) is 10.2 Å². The Kier molecular flexibility index (Phi) is 3.84. The SMILES string of the molecule is [N-]=[N+]=NC1=CC(=O)c2c(cccc2S(=O)(=O)Cl)C1(O)N=[N+]=[N-]. The molecule has 1 unspecified atom stereocenters. The third kappa shape index (κ3) is 2.39. The van der Waals surface area contributed by atoms with Gasteiger partial charge in [-0.1, -0.05) is 17.2 Å². The monoisotopic (exact) mass is 340 g/mol. The van der Waals surface area contributed by atoms with E-state index in [4.69, 9.17) is 21.7 Å². The van der Waals surface area contributed by atoms with E-state index in [0.29, 0.717) is 6.08 Å². The summed E-state index contributed by atoms with van der Waals surface area (Å²) in [4.78, 5) is 16.4. The number of rotatable bonds is 3. The van der Waals surface area contributed by atoms with E-state index in [9.17, 15) is 18.3 Å². The molecule has 0 amide bonds. The number of hydrogen-bond acceptors (Lipinski definition) is 6. The molecule has 0 aromatic heterocycles. The van der Waals surface area contributed by atoms with E-state index in [1.807, 2.05) is 0 Å². The highest BCUT2D eigenvalue weighted by Gasteiger charge is 2.42. The molecule has 1 aromatic rings. The van der Waals surface area contributed by atoms with Crippen molar-refractivity contribution in [3.63, 3.8) is 0 Å². The minimum absolute atomic E-state index is 0.345. The molecule has 0 fully saturated rings. The fourth-order valence-corrected chi connectivity index (χ4v) is 3.11. The van der Waals surface area contributed by atoms with E-state index in [0.717, 1.165) is 12.1 Å². The molecule has 1 aromatic carbocycles. The Labute approximate surface area is 127 Å². The van der Waals surface area contributed by atoms with Crippen molar-refractivity contribution in [2.75, 3.05) is 0 Å². The number of carbonyl (C=O) groups is 1. The number of halogens is 1. The predicted molar refractivity (Wildman–Crippen MR) is 74.1 cm³/mol. The van der Waals surface area contributed by atoms with Gasteiger partial charge in [-0.05, 0) is 28.3 Å². The summed E-state index contributed by atoms with van der Waals surface area (Å²) in [5.41, 5.74) is 13.2. The number of benzene rings is 1. The molecule has 1 aliphatic rings. The highest BCUT2D eigenvalue weighted by molar-refractivity contribution is 8.13. The van der Waals surface area contributed by atoms with Crippen LogP contribution < -0.4 is 0 Å². The molecule has 2 rings (SSSR count). The fourth-order valence-electron chi connectivity index (χ4n) is 2.03. The van der Waals surface area contributed by atoms with Gasteiger partial charge in [0.05, 0.1) is 10.6 Å². The predicted octanol–water partition coefficient (Wildman–Crippen LogP) is 2.46. The maximum absolute atomic E-state index is 12.1. The number of fused-ring (bicyclic) bond motifs is 1. The Morgan fingerprint density at radius 1 is 1.27 bits per heavy atom. The zero-order valence-electron chi connectivity index (χ0n) is 10.5. The van der Waals surface area contributed by atoms with Gasteiger partial charge in [0.2, 0.25) is 0 Å². The first kappa shape index (κ1) is 15.8. The second kappa shape index (κ2) is 5.34. The van der Waals surface area contributed by atoms with Crippen LogP contribution in [0, 0.1) is 0 Å². The molecule has 0 saturated heterocycles. The van der Waals surface area contributed by atoms with Gasteiger partial charge in [-0.15, -0.1) is 0 Å². The first-order valence-corrected chi connectivity index (χ1v) is 7.75. The van der Waals surface area contributed by atoms with Crippen LogP contribution in [-0.2, 0) is 14.8 Å². The Balaban J connectivity index is 2.95. The maximum atomic E-state index is 12.1. The summed E-state index contributed by atoms with van der Waals surface area (Å²) in [7, 11) is 0.962. The van der Waals surface area contributed by atoms with Crippen LogP contribution in [0.5, 0.6) is 0 Å². The molecule has 0 spiro atoms. The van der Waals surface area contributed by atoms with Gasteiger partial charge in [-0.3, -0.25) is 4.79 Å². The molecule has 0 radical (unpaired) electrons. The van der Waals surface area contributed by atoms with Crippen LogP contribution in [0.2, 0.25) is 0 Å². The summed E-state index contributed by atoms with van der Waals surface area (Å²) in [6.07, 6.45) is 0.683. The van der Waals surface area contributed by atoms with Crippen molar-refractivity contribution < 1.29 is 18.3 Å². The van der Waals surface area contributed by atoms with Crippen LogP contribution >= 0.6 is 10.7 Å². The molecular formula is C10H5ClN6O4S. The number of aliphatic hydroxyl groups is 1. The van der Waals surface area contributed by atoms with Crippen LogP contribution in [0.15, 0.2) is 45.1 Å². The molecular weight excluding hydrogens is 336 g/mol. The highest BCUT2D eigenvalue weighted by atomic mass is 35.7. The molecule has 0 heterocycles. The molecule has 0 saturated carbocycles. The van der Waals surface area contributed by atoms with Crippen molar-refractivity contribution in [3.05, 3.63) is 62.0 Å². The minimum Gasteiger partial charge on any atom is -0.375 e. The largest absolute Gasteiger partial charge is 0.375 e. The Morgan fingerprint density at radius 3 is 2.50 bits per heavy atom. The van der Waals surface area contributed by atoms with Crippen molar-refractivity contribution in [1.82, 2.24) is 0 Å². The number of hydrogen-bond donors (Lipinski definition) is 1. The zero-order valence-corrected chi connectivity index (χ0v) is 12.0. The van der Waals surface area contributed by atoms with Gasteiger partial charge in [0.1, 0.15) is 0 Å². The maximum Gasteiger partial charge on any atom is 0.262 e. The first-order chi connectivity index (χ1) is 10.3. The van der Waals surface area contributed by atoms with E-state index in [1.54, 1.807) is 0 Å². The number of carbonyl (C=O) groups excluding carboxylic acids is 1. The third-order valence-corrected chi connectivity index (χ3v) is 4.24. The third-order valence-electron chi connectivity index (χ3n) is 2.88. The highest BCUT2D eigenvalue weighted by Crippen LogP contribution is 2.41. The van der Waals surface area contributed by atoms with Gasteiger partial charge in [0, 0.05) is 31.6 Å². The topological polar surface area (TPSA) is 169 Å². The van der Waals surface area contributed by atoms with Gasteiger partial charge in [-0.2, -0.15) is 0 Å². The minimum atomic E-state index is -4.30. The molecule has 12 heteroatoms. The first-order valence-electron chi connectivity index (χ1n) is 5.44. The molecule has 112 valence electrons. The van der Waals surface area contributed by atoms with Crippen molar-refractivity contribution in [2.45, 2.75) is 10.6 Å². The van der Waals surface area contributed by atoms with Crippen LogP contribution in [0.4, 0.5) is 0 Å². The van der Waals surface area contributed by atoms with Crippen LogP contribution in [0.1, 0.15) is 15.9 Å². The lowest BCUT2D eigenvalue weighted by Gasteiger charge is -2.29. The summed E-state index contributed by atoms with van der Waals surface area (Å²) in [6, 6.07) is 3.41. The van der Waals surface area contributed by atoms with Gasteiger partial charge in [-0.25, -0.2) is 8.42 Å². The van der Waals surface area contributed by atoms with E-state index in [1.165, 1.54) is 6.07 Å². The zero-order chi connectivity index (χ0) is 16.5. The van der Waals surface area contributed by atoms with E-state index >= 15 is 0 Å². The fraction of sp³-hybridized carbons (Fsp3) is 0.100. The second-order valence-corrected chi connectivity index (χ2v) is 6.60. The second-order valence-electron chi connectivity index (χ2n) is 4.06. The molecule has 10 nitrogen and oxygen atoms in total. The van der Waals surface area contributed by atoms with E-state index < -0.39 is 36.7 Å². The van der Waals surface area contributed by atoms with E-state index in [-0.39, 0.29) is 5.56 Å². The van der Waals surface area contributed by atoms with Crippen molar-refractivity contribution >= 4 is 25.5 Å². The van der Waals surface area contributed by atoms with Gasteiger partial charge < -0.3 is 5.11 Å². The van der Waals surface area contributed by atoms with Gasteiger partial charge in [0.15, 0.2) is 11.5 Å². The smallest absolute Gasteiger partial charge is 0.262 e. The molecule has 1 aliphatic carbocycles. The van der Waals surface area contributed by atoms with Crippen molar-refractivity contribution in [3.8, 4) is 0 Å².